The predicted molar refractivity (Wildman–Crippen MR) is 87.6 cm³/mol. The maximum Gasteiger partial charge on any atom is 0.213 e. The molecule has 0 saturated carbocycles. The van der Waals surface area contributed by atoms with Crippen LogP contribution < -0.4 is 4.72 Å². The third-order valence-corrected chi connectivity index (χ3v) is 5.33. The third-order valence-electron chi connectivity index (χ3n) is 3.48. The normalized spacial score (nSPS) is 11.8. The van der Waals surface area contributed by atoms with Crippen LogP contribution in [0.5, 0.6) is 0 Å². The van der Waals surface area contributed by atoms with Crippen molar-refractivity contribution in [2.75, 3.05) is 6.54 Å². The molecule has 0 spiro atoms. The summed E-state index contributed by atoms with van der Waals surface area (Å²) in [6.45, 7) is 3.41. The number of rotatable bonds is 6. The quantitative estimate of drug-likeness (QED) is 0.887. The Bertz CT molecular complexity index is 728. The minimum Gasteiger partial charge on any atom is -0.215 e. The Morgan fingerprint density at radius 3 is 2.32 bits per heavy atom. The van der Waals surface area contributed by atoms with Gasteiger partial charge in [-0.25, -0.2) is 17.5 Å². The van der Waals surface area contributed by atoms with Gasteiger partial charge in [-0.2, -0.15) is 0 Å². The highest BCUT2D eigenvalue weighted by Crippen LogP contribution is 2.21. The topological polar surface area (TPSA) is 46.2 Å². The molecular weight excluding hydrogens is 301 g/mol. The lowest BCUT2D eigenvalue weighted by atomic mass is 10.0. The summed E-state index contributed by atoms with van der Waals surface area (Å²) in [6.07, 6.45) is 0.326. The van der Waals surface area contributed by atoms with Crippen molar-refractivity contribution in [2.24, 2.45) is 0 Å². The summed E-state index contributed by atoms with van der Waals surface area (Å²) >= 11 is 0. The van der Waals surface area contributed by atoms with Crippen LogP contribution in [0.4, 0.5) is 4.39 Å². The van der Waals surface area contributed by atoms with Crippen LogP contribution in [0.3, 0.4) is 0 Å². The summed E-state index contributed by atoms with van der Waals surface area (Å²) in [5, 5.41) is -0.488. The van der Waals surface area contributed by atoms with Crippen LogP contribution in [0.15, 0.2) is 48.5 Å². The Morgan fingerprint density at radius 1 is 1.05 bits per heavy atom. The highest BCUT2D eigenvalue weighted by atomic mass is 32.2. The Balaban J connectivity index is 2.05. The molecule has 22 heavy (non-hydrogen) atoms. The summed E-state index contributed by atoms with van der Waals surface area (Å²) in [5.41, 5.74) is 2.27. The molecule has 0 heterocycles. The lowest BCUT2D eigenvalue weighted by Crippen LogP contribution is -2.32. The number of hydrogen-bond acceptors (Lipinski definition) is 2. The van der Waals surface area contributed by atoms with E-state index in [-0.39, 0.29) is 12.4 Å². The standard InChI is InChI=1S/C17H20FNO2S/c1-13(2)22(20,21)19-11-10-15-8-9-16(12-17(15)18)14-6-4-3-5-7-14/h3-9,12-13,19H,10-11H2,1-2H3. The number of halogens is 1. The van der Waals surface area contributed by atoms with Crippen molar-refractivity contribution in [3.63, 3.8) is 0 Å². The van der Waals surface area contributed by atoms with Crippen molar-refractivity contribution < 1.29 is 12.8 Å². The van der Waals surface area contributed by atoms with Gasteiger partial charge in [0, 0.05) is 6.54 Å². The number of nitrogens with one attached hydrogen (secondary N) is 1. The Labute approximate surface area is 131 Å². The van der Waals surface area contributed by atoms with Gasteiger partial charge in [0.2, 0.25) is 10.0 Å². The van der Waals surface area contributed by atoms with Crippen molar-refractivity contribution >= 4 is 10.0 Å². The van der Waals surface area contributed by atoms with Gasteiger partial charge < -0.3 is 0 Å². The lowest BCUT2D eigenvalue weighted by molar-refractivity contribution is 0.569. The molecule has 0 aliphatic rings. The monoisotopic (exact) mass is 321 g/mol. The highest BCUT2D eigenvalue weighted by molar-refractivity contribution is 7.90. The summed E-state index contributed by atoms with van der Waals surface area (Å²) in [5.74, 6) is -0.315. The average Bonchev–Trinajstić information content (AvgIpc) is 2.49. The summed E-state index contributed by atoms with van der Waals surface area (Å²) in [4.78, 5) is 0. The Morgan fingerprint density at radius 2 is 1.73 bits per heavy atom. The van der Waals surface area contributed by atoms with E-state index in [1.54, 1.807) is 19.9 Å². The molecule has 2 aromatic carbocycles. The zero-order valence-electron chi connectivity index (χ0n) is 12.7. The van der Waals surface area contributed by atoms with Crippen LogP contribution in [-0.2, 0) is 16.4 Å². The molecule has 0 bridgehead atoms. The van der Waals surface area contributed by atoms with Crippen molar-refractivity contribution in [2.45, 2.75) is 25.5 Å². The number of benzene rings is 2. The van der Waals surface area contributed by atoms with Gasteiger partial charge in [-0.1, -0.05) is 42.5 Å². The molecule has 5 heteroatoms. The summed E-state index contributed by atoms with van der Waals surface area (Å²) in [6, 6.07) is 14.6. The molecule has 3 nitrogen and oxygen atoms in total. The fraction of sp³-hybridized carbons (Fsp3) is 0.294. The van der Waals surface area contributed by atoms with Crippen LogP contribution in [0.2, 0.25) is 0 Å². The molecule has 0 fully saturated rings. The first-order chi connectivity index (χ1) is 10.4. The van der Waals surface area contributed by atoms with Crippen molar-refractivity contribution in [3.8, 4) is 11.1 Å². The third kappa shape index (κ3) is 4.15. The Kier molecular flexibility index (Phi) is 5.32. The van der Waals surface area contributed by atoms with E-state index >= 15 is 0 Å². The minimum absolute atomic E-state index is 0.197. The molecule has 0 amide bonds. The van der Waals surface area contributed by atoms with Crippen LogP contribution in [0.25, 0.3) is 11.1 Å². The molecule has 118 valence electrons. The molecule has 0 radical (unpaired) electrons. The maximum absolute atomic E-state index is 14.1. The molecule has 0 aromatic heterocycles. The fourth-order valence-corrected chi connectivity index (χ4v) is 2.77. The van der Waals surface area contributed by atoms with E-state index in [1.165, 1.54) is 6.07 Å². The second-order valence-electron chi connectivity index (χ2n) is 5.41. The molecule has 0 aliphatic heterocycles. The first-order valence-corrected chi connectivity index (χ1v) is 8.77. The molecule has 0 atom stereocenters. The highest BCUT2D eigenvalue weighted by Gasteiger charge is 2.15. The SMILES string of the molecule is CC(C)S(=O)(=O)NCCc1ccc(-c2ccccc2)cc1F. The number of hydrogen-bond donors (Lipinski definition) is 1. The zero-order valence-corrected chi connectivity index (χ0v) is 13.5. The van der Waals surface area contributed by atoms with Crippen LogP contribution >= 0.6 is 0 Å². The summed E-state index contributed by atoms with van der Waals surface area (Å²) < 4.78 is 39.9. The molecule has 0 saturated heterocycles. The Hall–Kier alpha value is -1.72. The van der Waals surface area contributed by atoms with Gasteiger partial charge in [-0.3, -0.25) is 0 Å². The van der Waals surface area contributed by atoms with Gasteiger partial charge in [0.1, 0.15) is 5.82 Å². The molecule has 0 unspecified atom stereocenters. The van der Waals surface area contributed by atoms with Gasteiger partial charge in [-0.15, -0.1) is 0 Å². The molecule has 0 aliphatic carbocycles. The van der Waals surface area contributed by atoms with Crippen molar-refractivity contribution in [1.29, 1.82) is 0 Å². The second kappa shape index (κ2) is 7.03. The van der Waals surface area contributed by atoms with Crippen molar-refractivity contribution in [3.05, 3.63) is 59.9 Å². The van der Waals surface area contributed by atoms with E-state index in [4.69, 9.17) is 0 Å². The average molecular weight is 321 g/mol. The lowest BCUT2D eigenvalue weighted by Gasteiger charge is -2.10. The van der Waals surface area contributed by atoms with Crippen LogP contribution in [0, 0.1) is 5.82 Å². The van der Waals surface area contributed by atoms with Crippen LogP contribution in [-0.4, -0.2) is 20.2 Å². The smallest absolute Gasteiger partial charge is 0.213 e. The predicted octanol–water partition coefficient (Wildman–Crippen LogP) is 3.36. The van der Waals surface area contributed by atoms with Gasteiger partial charge in [0.25, 0.3) is 0 Å². The largest absolute Gasteiger partial charge is 0.215 e. The van der Waals surface area contributed by atoms with Gasteiger partial charge in [0.05, 0.1) is 5.25 Å². The first kappa shape index (κ1) is 16.6. The number of sulfonamides is 1. The minimum atomic E-state index is -3.30. The van der Waals surface area contributed by atoms with Crippen LogP contribution in [0.1, 0.15) is 19.4 Å². The van der Waals surface area contributed by atoms with E-state index in [2.05, 4.69) is 4.72 Å². The van der Waals surface area contributed by atoms with E-state index in [9.17, 15) is 12.8 Å². The molecule has 2 rings (SSSR count). The van der Waals surface area contributed by atoms with E-state index in [0.29, 0.717) is 12.0 Å². The fourth-order valence-electron chi connectivity index (χ4n) is 2.05. The van der Waals surface area contributed by atoms with E-state index in [0.717, 1.165) is 11.1 Å². The maximum atomic E-state index is 14.1. The molecule has 1 N–H and O–H groups in total. The zero-order chi connectivity index (χ0) is 16.2. The van der Waals surface area contributed by atoms with Gasteiger partial charge in [-0.05, 0) is 43.0 Å². The first-order valence-electron chi connectivity index (χ1n) is 7.22. The van der Waals surface area contributed by atoms with Gasteiger partial charge >= 0.3 is 0 Å². The van der Waals surface area contributed by atoms with E-state index in [1.807, 2.05) is 36.4 Å². The summed E-state index contributed by atoms with van der Waals surface area (Å²) in [7, 11) is -3.30. The second-order valence-corrected chi connectivity index (χ2v) is 7.73. The van der Waals surface area contributed by atoms with Gasteiger partial charge in [0.15, 0.2) is 0 Å². The molecule has 2 aromatic rings. The van der Waals surface area contributed by atoms with E-state index < -0.39 is 15.3 Å². The molecular formula is C17H20FNO2S. The van der Waals surface area contributed by atoms with Crippen molar-refractivity contribution in [1.82, 2.24) is 4.72 Å².